The molecule has 0 N–H and O–H groups in total. The molecule has 26 heavy (non-hydrogen) atoms. The van der Waals surface area contributed by atoms with E-state index in [1.807, 2.05) is 79.7 Å². The highest BCUT2D eigenvalue weighted by molar-refractivity contribution is 6.01. The number of ether oxygens (including phenoxy) is 1. The van der Waals surface area contributed by atoms with Gasteiger partial charge in [0.2, 0.25) is 0 Å². The van der Waals surface area contributed by atoms with E-state index in [1.54, 1.807) is 7.11 Å². The monoisotopic (exact) mass is 345 g/mol. The smallest absolute Gasteiger partial charge is 0.184 e. The third-order valence-electron chi connectivity index (χ3n) is 4.51. The summed E-state index contributed by atoms with van der Waals surface area (Å²) in [7, 11) is 1.65. The Hall–Kier alpha value is -3.07. The molecular formula is C23H23NO2. The van der Waals surface area contributed by atoms with Crippen molar-refractivity contribution in [2.45, 2.75) is 19.5 Å². The average molecular weight is 345 g/mol. The van der Waals surface area contributed by atoms with Crippen molar-refractivity contribution in [3.63, 3.8) is 0 Å². The number of Topliss-reactive ketones (excluding diaryl/α,β-unsaturated/α-hetero) is 1. The van der Waals surface area contributed by atoms with Crippen molar-refractivity contribution in [2.24, 2.45) is 0 Å². The van der Waals surface area contributed by atoms with Gasteiger partial charge in [0.05, 0.1) is 13.2 Å². The van der Waals surface area contributed by atoms with E-state index in [1.165, 1.54) is 0 Å². The summed E-state index contributed by atoms with van der Waals surface area (Å²) in [5, 5.41) is 0. The maximum absolute atomic E-state index is 13.0. The molecule has 3 nitrogen and oxygen atoms in total. The van der Waals surface area contributed by atoms with Crippen LogP contribution < -0.4 is 9.64 Å². The second-order valence-electron chi connectivity index (χ2n) is 6.22. The predicted molar refractivity (Wildman–Crippen MR) is 106 cm³/mol. The Morgan fingerprint density at radius 3 is 2.04 bits per heavy atom. The minimum Gasteiger partial charge on any atom is -0.497 e. The Balaban J connectivity index is 1.92. The molecule has 0 heterocycles. The summed E-state index contributed by atoms with van der Waals surface area (Å²) in [5.41, 5.74) is 2.88. The van der Waals surface area contributed by atoms with Crippen molar-refractivity contribution in [1.29, 1.82) is 0 Å². The van der Waals surface area contributed by atoms with E-state index >= 15 is 0 Å². The SMILES string of the molecule is COc1ccc(N(Cc2ccccc2)C(C)C(=O)c2ccccc2)cc1. The number of ketones is 1. The van der Waals surface area contributed by atoms with Crippen LogP contribution in [-0.4, -0.2) is 18.9 Å². The van der Waals surface area contributed by atoms with Gasteiger partial charge in [-0.3, -0.25) is 4.79 Å². The van der Waals surface area contributed by atoms with Crippen molar-refractivity contribution in [3.05, 3.63) is 96.1 Å². The maximum atomic E-state index is 13.0. The minimum atomic E-state index is -0.286. The van der Waals surface area contributed by atoms with Crippen molar-refractivity contribution < 1.29 is 9.53 Å². The van der Waals surface area contributed by atoms with Gasteiger partial charge in [0, 0.05) is 17.8 Å². The molecule has 132 valence electrons. The molecule has 0 amide bonds. The van der Waals surface area contributed by atoms with Crippen LogP contribution in [0.25, 0.3) is 0 Å². The molecule has 0 aromatic heterocycles. The standard InChI is InChI=1S/C23H23NO2/c1-18(23(25)20-11-7-4-8-12-20)24(17-19-9-5-3-6-10-19)21-13-15-22(26-2)16-14-21/h3-16,18H,17H2,1-2H3. The topological polar surface area (TPSA) is 29.5 Å². The average Bonchev–Trinajstić information content (AvgIpc) is 2.72. The summed E-state index contributed by atoms with van der Waals surface area (Å²) >= 11 is 0. The second-order valence-corrected chi connectivity index (χ2v) is 6.22. The van der Waals surface area contributed by atoms with Crippen molar-refractivity contribution in [2.75, 3.05) is 12.0 Å². The summed E-state index contributed by atoms with van der Waals surface area (Å²) in [4.78, 5) is 15.1. The third kappa shape index (κ3) is 4.12. The molecule has 3 heteroatoms. The maximum Gasteiger partial charge on any atom is 0.184 e. The van der Waals surface area contributed by atoms with Gasteiger partial charge in [0.15, 0.2) is 5.78 Å². The lowest BCUT2D eigenvalue weighted by Crippen LogP contribution is -2.38. The molecule has 3 rings (SSSR count). The first-order valence-electron chi connectivity index (χ1n) is 8.73. The lowest BCUT2D eigenvalue weighted by molar-refractivity contribution is 0.0963. The van der Waals surface area contributed by atoms with E-state index in [4.69, 9.17) is 4.74 Å². The fourth-order valence-corrected chi connectivity index (χ4v) is 2.99. The molecule has 0 aliphatic heterocycles. The van der Waals surface area contributed by atoms with E-state index < -0.39 is 0 Å². The van der Waals surface area contributed by atoms with Gasteiger partial charge >= 0.3 is 0 Å². The first-order chi connectivity index (χ1) is 12.7. The number of methoxy groups -OCH3 is 1. The van der Waals surface area contributed by atoms with E-state index in [0.717, 1.165) is 22.6 Å². The van der Waals surface area contributed by atoms with Crippen LogP contribution in [0.2, 0.25) is 0 Å². The van der Waals surface area contributed by atoms with E-state index in [-0.39, 0.29) is 11.8 Å². The zero-order chi connectivity index (χ0) is 18.4. The summed E-state index contributed by atoms with van der Waals surface area (Å²) in [6.07, 6.45) is 0. The van der Waals surface area contributed by atoms with Crippen LogP contribution in [0.1, 0.15) is 22.8 Å². The van der Waals surface area contributed by atoms with E-state index in [9.17, 15) is 4.79 Å². The van der Waals surface area contributed by atoms with Gasteiger partial charge < -0.3 is 9.64 Å². The van der Waals surface area contributed by atoms with Crippen LogP contribution in [0, 0.1) is 0 Å². The predicted octanol–water partition coefficient (Wildman–Crippen LogP) is 4.97. The quantitative estimate of drug-likeness (QED) is 0.566. The number of carbonyl (C=O) groups is 1. The highest BCUT2D eigenvalue weighted by atomic mass is 16.5. The molecule has 0 saturated heterocycles. The van der Waals surface area contributed by atoms with Crippen molar-refractivity contribution in [1.82, 2.24) is 0 Å². The third-order valence-corrected chi connectivity index (χ3v) is 4.51. The summed E-state index contributed by atoms with van der Waals surface area (Å²) in [5.74, 6) is 0.910. The number of nitrogens with zero attached hydrogens (tertiary/aromatic N) is 1. The first-order valence-corrected chi connectivity index (χ1v) is 8.73. The number of carbonyl (C=O) groups excluding carboxylic acids is 1. The number of rotatable bonds is 7. The molecule has 0 fully saturated rings. The van der Waals surface area contributed by atoms with Gasteiger partial charge in [-0.25, -0.2) is 0 Å². The van der Waals surface area contributed by atoms with Crippen molar-refractivity contribution in [3.8, 4) is 5.75 Å². The Morgan fingerprint density at radius 1 is 0.885 bits per heavy atom. The summed E-state index contributed by atoms with van der Waals surface area (Å²) in [6.45, 7) is 2.62. The number of benzene rings is 3. The fourth-order valence-electron chi connectivity index (χ4n) is 2.99. The van der Waals surface area contributed by atoms with Gasteiger partial charge in [0.25, 0.3) is 0 Å². The van der Waals surface area contributed by atoms with Crippen LogP contribution in [-0.2, 0) is 6.54 Å². The zero-order valence-corrected chi connectivity index (χ0v) is 15.1. The molecule has 0 saturated carbocycles. The van der Waals surface area contributed by atoms with E-state index in [2.05, 4.69) is 17.0 Å². The molecule has 0 bridgehead atoms. The first kappa shape index (κ1) is 17.7. The molecule has 3 aromatic rings. The molecular weight excluding hydrogens is 322 g/mol. The normalized spacial score (nSPS) is 11.6. The Bertz CT molecular complexity index is 829. The number of anilines is 1. The zero-order valence-electron chi connectivity index (χ0n) is 15.1. The number of hydrogen-bond acceptors (Lipinski definition) is 3. The van der Waals surface area contributed by atoms with Gasteiger partial charge in [-0.05, 0) is 36.8 Å². The fraction of sp³-hybridized carbons (Fsp3) is 0.174. The molecule has 1 atom stereocenters. The van der Waals surface area contributed by atoms with Crippen LogP contribution in [0.3, 0.4) is 0 Å². The van der Waals surface area contributed by atoms with Crippen LogP contribution >= 0.6 is 0 Å². The highest BCUT2D eigenvalue weighted by Crippen LogP contribution is 2.24. The van der Waals surface area contributed by atoms with Crippen molar-refractivity contribution >= 4 is 11.5 Å². The molecule has 3 aromatic carbocycles. The lowest BCUT2D eigenvalue weighted by atomic mass is 10.0. The summed E-state index contributed by atoms with van der Waals surface area (Å²) < 4.78 is 5.26. The van der Waals surface area contributed by atoms with Crippen LogP contribution in [0.5, 0.6) is 5.75 Å². The van der Waals surface area contributed by atoms with Gasteiger partial charge in [-0.2, -0.15) is 0 Å². The van der Waals surface area contributed by atoms with Crippen LogP contribution in [0.4, 0.5) is 5.69 Å². The van der Waals surface area contributed by atoms with Gasteiger partial charge in [-0.1, -0.05) is 60.7 Å². The second kappa shape index (κ2) is 8.34. The molecule has 0 radical (unpaired) electrons. The number of hydrogen-bond donors (Lipinski definition) is 0. The highest BCUT2D eigenvalue weighted by Gasteiger charge is 2.23. The molecule has 0 aliphatic carbocycles. The minimum absolute atomic E-state index is 0.109. The van der Waals surface area contributed by atoms with Gasteiger partial charge in [-0.15, -0.1) is 0 Å². The molecule has 1 unspecified atom stereocenters. The van der Waals surface area contributed by atoms with Gasteiger partial charge in [0.1, 0.15) is 5.75 Å². The molecule has 0 aliphatic rings. The largest absolute Gasteiger partial charge is 0.497 e. The lowest BCUT2D eigenvalue weighted by Gasteiger charge is -2.31. The van der Waals surface area contributed by atoms with E-state index in [0.29, 0.717) is 6.54 Å². The Labute approximate surface area is 154 Å². The van der Waals surface area contributed by atoms with Crippen LogP contribution in [0.15, 0.2) is 84.9 Å². The molecule has 0 spiro atoms. The Morgan fingerprint density at radius 2 is 1.46 bits per heavy atom. The summed E-state index contributed by atoms with van der Waals surface area (Å²) in [6, 6.07) is 27.2. The Kier molecular flexibility index (Phi) is 5.69.